The maximum atomic E-state index is 13.1. The third kappa shape index (κ3) is 2.47. The van der Waals surface area contributed by atoms with E-state index in [4.69, 9.17) is 4.52 Å². The minimum Gasteiger partial charge on any atom is -0.360 e. The molecule has 1 amide bonds. The lowest BCUT2D eigenvalue weighted by Gasteiger charge is -2.44. The molecular formula is C17H19N3O4S. The number of hydrogen-bond acceptors (Lipinski definition) is 5. The Morgan fingerprint density at radius 2 is 2.00 bits per heavy atom. The molecule has 25 heavy (non-hydrogen) atoms. The van der Waals surface area contributed by atoms with Gasteiger partial charge in [-0.25, -0.2) is 8.42 Å². The molecule has 2 aromatic rings. The highest BCUT2D eigenvalue weighted by molar-refractivity contribution is 7.89. The zero-order valence-corrected chi connectivity index (χ0v) is 14.9. The molecule has 4 rings (SSSR count). The van der Waals surface area contributed by atoms with Crippen LogP contribution in [0, 0.1) is 13.8 Å². The number of aryl methyl sites for hydroxylation is 2. The number of carbonyl (C=O) groups is 1. The topological polar surface area (TPSA) is 83.7 Å². The van der Waals surface area contributed by atoms with E-state index in [0.29, 0.717) is 12.2 Å². The first-order valence-electron chi connectivity index (χ1n) is 8.20. The average Bonchev–Trinajstić information content (AvgIpc) is 2.93. The van der Waals surface area contributed by atoms with Crippen molar-refractivity contribution >= 4 is 15.9 Å². The molecule has 0 spiro atoms. The van der Waals surface area contributed by atoms with E-state index in [1.54, 1.807) is 18.7 Å². The summed E-state index contributed by atoms with van der Waals surface area (Å²) in [5, 5.41) is 3.74. The van der Waals surface area contributed by atoms with Crippen LogP contribution in [-0.2, 0) is 21.2 Å². The molecule has 1 aromatic heterocycles. The second-order valence-electron chi connectivity index (χ2n) is 6.50. The number of nitrogens with zero attached hydrogens (tertiary/aromatic N) is 3. The number of sulfonamides is 1. The van der Waals surface area contributed by atoms with Crippen molar-refractivity contribution in [3.05, 3.63) is 46.8 Å². The summed E-state index contributed by atoms with van der Waals surface area (Å²) in [5.74, 6) is 0.0810. The standard InChI is InChI=1S/C17H19N3O4S/c1-11-17(12(2)24-18-11)25(22,23)19-9-15-14-6-4-3-5-13(14)7-8-20(15)16(21)10-19/h3-6,15H,7-10H2,1-2H3/t15-/m1/s1. The summed E-state index contributed by atoms with van der Waals surface area (Å²) in [7, 11) is -3.84. The number of amides is 1. The Hall–Kier alpha value is -2.19. The van der Waals surface area contributed by atoms with Crippen LogP contribution in [0.15, 0.2) is 33.7 Å². The summed E-state index contributed by atoms with van der Waals surface area (Å²) >= 11 is 0. The van der Waals surface area contributed by atoms with E-state index in [2.05, 4.69) is 5.16 Å². The Labute approximate surface area is 146 Å². The molecule has 3 heterocycles. The molecule has 2 aliphatic heterocycles. The summed E-state index contributed by atoms with van der Waals surface area (Å²) in [6, 6.07) is 7.66. The lowest BCUT2D eigenvalue weighted by molar-refractivity contribution is -0.138. The number of benzene rings is 1. The summed E-state index contributed by atoms with van der Waals surface area (Å²) in [5.41, 5.74) is 2.52. The van der Waals surface area contributed by atoms with Crippen molar-refractivity contribution in [2.45, 2.75) is 31.2 Å². The highest BCUT2D eigenvalue weighted by atomic mass is 32.2. The van der Waals surface area contributed by atoms with Crippen LogP contribution in [0.25, 0.3) is 0 Å². The van der Waals surface area contributed by atoms with Crippen molar-refractivity contribution < 1.29 is 17.7 Å². The molecule has 0 radical (unpaired) electrons. The fraction of sp³-hybridized carbons (Fsp3) is 0.412. The smallest absolute Gasteiger partial charge is 0.249 e. The summed E-state index contributed by atoms with van der Waals surface area (Å²) in [6.45, 7) is 3.89. The van der Waals surface area contributed by atoms with Crippen molar-refractivity contribution in [1.82, 2.24) is 14.4 Å². The van der Waals surface area contributed by atoms with Crippen LogP contribution in [0.3, 0.4) is 0 Å². The fourth-order valence-corrected chi connectivity index (χ4v) is 5.49. The predicted molar refractivity (Wildman–Crippen MR) is 89.3 cm³/mol. The number of aromatic nitrogens is 1. The van der Waals surface area contributed by atoms with E-state index in [1.165, 1.54) is 9.87 Å². The normalized spacial score (nSPS) is 21.1. The second-order valence-corrected chi connectivity index (χ2v) is 8.38. The van der Waals surface area contributed by atoms with Gasteiger partial charge in [0.15, 0.2) is 5.76 Å². The fourth-order valence-electron chi connectivity index (χ4n) is 3.80. The van der Waals surface area contributed by atoms with Crippen LogP contribution in [0.5, 0.6) is 0 Å². The number of fused-ring (bicyclic) bond motifs is 3. The molecule has 1 aromatic carbocycles. The Balaban J connectivity index is 1.74. The highest BCUT2D eigenvalue weighted by Crippen LogP contribution is 2.35. The lowest BCUT2D eigenvalue weighted by Crippen LogP contribution is -2.55. The van der Waals surface area contributed by atoms with Gasteiger partial charge in [-0.05, 0) is 31.4 Å². The van der Waals surface area contributed by atoms with E-state index < -0.39 is 10.0 Å². The Kier molecular flexibility index (Phi) is 3.69. The van der Waals surface area contributed by atoms with E-state index in [1.807, 2.05) is 24.3 Å². The van der Waals surface area contributed by atoms with Gasteiger partial charge in [0.2, 0.25) is 15.9 Å². The van der Waals surface area contributed by atoms with Gasteiger partial charge < -0.3 is 9.42 Å². The Morgan fingerprint density at radius 3 is 2.72 bits per heavy atom. The van der Waals surface area contributed by atoms with Gasteiger partial charge in [0.05, 0.1) is 12.6 Å². The molecule has 1 fully saturated rings. The van der Waals surface area contributed by atoms with E-state index >= 15 is 0 Å². The van der Waals surface area contributed by atoms with Crippen molar-refractivity contribution in [2.24, 2.45) is 0 Å². The summed E-state index contributed by atoms with van der Waals surface area (Å²) in [4.78, 5) is 14.5. The maximum Gasteiger partial charge on any atom is 0.249 e. The molecule has 1 saturated heterocycles. The van der Waals surface area contributed by atoms with Gasteiger partial charge in [-0.3, -0.25) is 4.79 Å². The molecule has 7 nitrogen and oxygen atoms in total. The molecular weight excluding hydrogens is 342 g/mol. The Morgan fingerprint density at radius 1 is 1.24 bits per heavy atom. The molecule has 8 heteroatoms. The van der Waals surface area contributed by atoms with Crippen LogP contribution < -0.4 is 0 Å². The lowest BCUT2D eigenvalue weighted by atomic mass is 9.91. The molecule has 0 N–H and O–H groups in total. The van der Waals surface area contributed by atoms with Gasteiger partial charge >= 0.3 is 0 Å². The largest absolute Gasteiger partial charge is 0.360 e. The van der Waals surface area contributed by atoms with Crippen LogP contribution in [0.1, 0.15) is 28.6 Å². The van der Waals surface area contributed by atoms with Crippen molar-refractivity contribution in [2.75, 3.05) is 19.6 Å². The molecule has 0 saturated carbocycles. The quantitative estimate of drug-likeness (QED) is 0.808. The molecule has 132 valence electrons. The first-order chi connectivity index (χ1) is 11.9. The predicted octanol–water partition coefficient (Wildman–Crippen LogP) is 1.42. The van der Waals surface area contributed by atoms with Gasteiger partial charge in [-0.1, -0.05) is 29.4 Å². The van der Waals surface area contributed by atoms with Crippen LogP contribution in [-0.4, -0.2) is 48.3 Å². The van der Waals surface area contributed by atoms with Crippen LogP contribution in [0.4, 0.5) is 0 Å². The zero-order valence-electron chi connectivity index (χ0n) is 14.1. The molecule has 1 atom stereocenters. The van der Waals surface area contributed by atoms with Crippen molar-refractivity contribution in [3.63, 3.8) is 0 Å². The van der Waals surface area contributed by atoms with E-state index in [0.717, 1.165) is 12.0 Å². The van der Waals surface area contributed by atoms with E-state index in [9.17, 15) is 13.2 Å². The maximum absolute atomic E-state index is 13.1. The average molecular weight is 361 g/mol. The minimum absolute atomic E-state index is 0.0674. The number of rotatable bonds is 2. The molecule has 0 bridgehead atoms. The third-order valence-corrected chi connectivity index (χ3v) is 7.04. The summed E-state index contributed by atoms with van der Waals surface area (Å²) in [6.07, 6.45) is 0.801. The van der Waals surface area contributed by atoms with Gasteiger partial charge in [-0.15, -0.1) is 0 Å². The number of carbonyl (C=O) groups excluding carboxylic acids is 1. The zero-order chi connectivity index (χ0) is 17.8. The van der Waals surface area contributed by atoms with Crippen molar-refractivity contribution in [1.29, 1.82) is 0 Å². The monoisotopic (exact) mass is 361 g/mol. The molecule has 2 aliphatic rings. The van der Waals surface area contributed by atoms with Crippen LogP contribution in [0.2, 0.25) is 0 Å². The SMILES string of the molecule is Cc1noc(C)c1S(=O)(=O)N1CC(=O)N2CCc3ccccc3[C@H]2C1. The molecule has 0 unspecified atom stereocenters. The first-order valence-corrected chi connectivity index (χ1v) is 9.64. The minimum atomic E-state index is -3.84. The molecule has 0 aliphatic carbocycles. The second kappa shape index (κ2) is 5.67. The van der Waals surface area contributed by atoms with Gasteiger partial charge in [0, 0.05) is 13.1 Å². The summed E-state index contributed by atoms with van der Waals surface area (Å²) < 4.78 is 32.4. The van der Waals surface area contributed by atoms with Crippen LogP contribution >= 0.6 is 0 Å². The van der Waals surface area contributed by atoms with Gasteiger partial charge in [0.25, 0.3) is 0 Å². The van der Waals surface area contributed by atoms with Gasteiger partial charge in [-0.2, -0.15) is 4.31 Å². The third-order valence-electron chi connectivity index (χ3n) is 4.99. The highest BCUT2D eigenvalue weighted by Gasteiger charge is 2.42. The van der Waals surface area contributed by atoms with Gasteiger partial charge in [0.1, 0.15) is 10.6 Å². The van der Waals surface area contributed by atoms with Crippen molar-refractivity contribution in [3.8, 4) is 0 Å². The Bertz CT molecular complexity index is 931. The number of hydrogen-bond donors (Lipinski definition) is 0. The first kappa shape index (κ1) is 16.3. The number of piperazine rings is 1. The van der Waals surface area contributed by atoms with E-state index in [-0.39, 0.29) is 35.7 Å².